The molecule has 0 spiro atoms. The molecule has 0 aliphatic heterocycles. The van der Waals surface area contributed by atoms with Crippen LogP contribution in [0, 0.1) is 6.92 Å². The van der Waals surface area contributed by atoms with Crippen LogP contribution in [0.15, 0.2) is 53.7 Å². The molecule has 0 fully saturated rings. The zero-order chi connectivity index (χ0) is 18.1. The van der Waals surface area contributed by atoms with Gasteiger partial charge >= 0.3 is 6.03 Å². The largest absolute Gasteiger partial charge is 0.354 e. The smallest absolute Gasteiger partial charge is 0.318 e. The summed E-state index contributed by atoms with van der Waals surface area (Å²) in [5.41, 5.74) is 8.11. The number of primary amides is 1. The lowest BCUT2D eigenvalue weighted by Crippen LogP contribution is -2.47. The number of nitrogens with one attached hydrogen (secondary N) is 2. The zero-order valence-corrected chi connectivity index (χ0v) is 14.4. The van der Waals surface area contributed by atoms with Crippen molar-refractivity contribution in [1.82, 2.24) is 15.6 Å². The fraction of sp³-hybridized carbons (Fsp3) is 0.278. The minimum atomic E-state index is -0.695. The molecule has 0 saturated carbocycles. The van der Waals surface area contributed by atoms with Crippen molar-refractivity contribution in [3.05, 3.63) is 65.5 Å². The van der Waals surface area contributed by atoms with Gasteiger partial charge in [-0.3, -0.25) is 10.3 Å². The Morgan fingerprint density at radius 3 is 2.72 bits per heavy atom. The number of nitrogens with zero attached hydrogens (tertiary/aromatic N) is 2. The highest BCUT2D eigenvalue weighted by Gasteiger charge is 2.08. The molecule has 7 heteroatoms. The number of aryl methyl sites for hydroxylation is 1. The molecule has 1 unspecified atom stereocenters. The van der Waals surface area contributed by atoms with Crippen LogP contribution in [0.2, 0.25) is 0 Å². The maximum Gasteiger partial charge on any atom is 0.318 e. The summed E-state index contributed by atoms with van der Waals surface area (Å²) in [6.45, 7) is 4.55. The number of carbonyl (C=O) groups excluding carboxylic acids is 1. The molecule has 0 bridgehead atoms. The van der Waals surface area contributed by atoms with E-state index in [9.17, 15) is 4.79 Å². The molecule has 25 heavy (non-hydrogen) atoms. The van der Waals surface area contributed by atoms with Crippen molar-refractivity contribution >= 4 is 12.0 Å². The number of nitrogens with two attached hydrogens (primary N) is 1. The number of carbonyl (C=O) groups is 1. The molecule has 0 aliphatic rings. The van der Waals surface area contributed by atoms with Gasteiger partial charge in [0.15, 0.2) is 0 Å². The summed E-state index contributed by atoms with van der Waals surface area (Å²) < 4.78 is 5.72. The average molecular weight is 341 g/mol. The highest BCUT2D eigenvalue weighted by molar-refractivity contribution is 5.95. The van der Waals surface area contributed by atoms with Gasteiger partial charge < -0.3 is 15.8 Å². The molecule has 2 aromatic rings. The van der Waals surface area contributed by atoms with Gasteiger partial charge in [-0.1, -0.05) is 36.4 Å². The Balaban J connectivity index is 1.95. The molecule has 2 amide bonds. The Labute approximate surface area is 147 Å². The molecule has 0 aliphatic carbocycles. The molecule has 0 saturated heterocycles. The standard InChI is InChI=1S/C18H23N5O2/c1-13-7-6-10-20-16(13)11-21-18(23-17(19)24)22-14(2)25-12-15-8-4-3-5-9-15/h3-10,14H,11-12H2,1-2H3,(H4,19,21,22,23,24). The zero-order valence-electron chi connectivity index (χ0n) is 14.4. The van der Waals surface area contributed by atoms with E-state index >= 15 is 0 Å². The predicted octanol–water partition coefficient (Wildman–Crippen LogP) is 2.07. The number of pyridine rings is 1. The molecule has 1 aromatic heterocycles. The maximum absolute atomic E-state index is 11.2. The summed E-state index contributed by atoms with van der Waals surface area (Å²) in [5, 5.41) is 5.46. The minimum absolute atomic E-state index is 0.248. The number of aromatic nitrogens is 1. The number of rotatable bonds is 6. The van der Waals surface area contributed by atoms with Crippen LogP contribution in [0.1, 0.15) is 23.7 Å². The topological polar surface area (TPSA) is 102 Å². The quantitative estimate of drug-likeness (QED) is 0.425. The van der Waals surface area contributed by atoms with Gasteiger partial charge in [-0.25, -0.2) is 9.79 Å². The van der Waals surface area contributed by atoms with E-state index in [-0.39, 0.29) is 12.2 Å². The fourth-order valence-corrected chi connectivity index (χ4v) is 2.11. The minimum Gasteiger partial charge on any atom is -0.354 e. The van der Waals surface area contributed by atoms with Gasteiger partial charge in [-0.05, 0) is 31.0 Å². The predicted molar refractivity (Wildman–Crippen MR) is 96.7 cm³/mol. The molecular weight excluding hydrogens is 318 g/mol. The van der Waals surface area contributed by atoms with E-state index in [1.807, 2.05) is 56.3 Å². The fourth-order valence-electron chi connectivity index (χ4n) is 2.11. The number of hydrogen-bond donors (Lipinski definition) is 3. The monoisotopic (exact) mass is 341 g/mol. The van der Waals surface area contributed by atoms with Gasteiger partial charge in [0.25, 0.3) is 0 Å². The molecule has 2 rings (SSSR count). The van der Waals surface area contributed by atoms with Gasteiger partial charge in [-0.2, -0.15) is 0 Å². The number of hydrogen-bond acceptors (Lipinski definition) is 4. The number of guanidine groups is 1. The SMILES string of the molecule is Cc1cccnc1CN=C(NC(N)=O)NC(C)OCc1ccccc1. The van der Waals surface area contributed by atoms with E-state index in [4.69, 9.17) is 10.5 Å². The van der Waals surface area contributed by atoms with Crippen LogP contribution < -0.4 is 16.4 Å². The third kappa shape index (κ3) is 6.60. The van der Waals surface area contributed by atoms with Gasteiger partial charge in [0.05, 0.1) is 18.8 Å². The summed E-state index contributed by atoms with van der Waals surface area (Å²) in [4.78, 5) is 19.8. The van der Waals surface area contributed by atoms with E-state index in [2.05, 4.69) is 20.6 Å². The first-order chi connectivity index (χ1) is 12.0. The van der Waals surface area contributed by atoms with Crippen molar-refractivity contribution in [2.75, 3.05) is 0 Å². The van der Waals surface area contributed by atoms with E-state index in [0.29, 0.717) is 13.2 Å². The third-order valence-corrected chi connectivity index (χ3v) is 3.43. The molecule has 1 atom stereocenters. The first-order valence-corrected chi connectivity index (χ1v) is 7.98. The number of benzene rings is 1. The van der Waals surface area contributed by atoms with Crippen LogP contribution in [0.25, 0.3) is 0 Å². The van der Waals surface area contributed by atoms with Crippen molar-refractivity contribution in [2.45, 2.75) is 33.2 Å². The first kappa shape index (κ1) is 18.4. The van der Waals surface area contributed by atoms with Crippen LogP contribution in [0.4, 0.5) is 4.79 Å². The summed E-state index contributed by atoms with van der Waals surface area (Å²) in [6, 6.07) is 12.9. The maximum atomic E-state index is 11.2. The number of aliphatic imine (C=N–C) groups is 1. The highest BCUT2D eigenvalue weighted by Crippen LogP contribution is 2.05. The normalized spacial score (nSPS) is 12.5. The first-order valence-electron chi connectivity index (χ1n) is 7.98. The highest BCUT2D eigenvalue weighted by atomic mass is 16.5. The van der Waals surface area contributed by atoms with Crippen molar-refractivity contribution in [3.63, 3.8) is 0 Å². The Kier molecular flexibility index (Phi) is 6.91. The van der Waals surface area contributed by atoms with Gasteiger partial charge in [0.1, 0.15) is 6.23 Å². The van der Waals surface area contributed by atoms with Crippen LogP contribution in [-0.4, -0.2) is 23.2 Å². The molecule has 4 N–H and O–H groups in total. The van der Waals surface area contributed by atoms with Crippen LogP contribution in [-0.2, 0) is 17.9 Å². The lowest BCUT2D eigenvalue weighted by molar-refractivity contribution is 0.0430. The van der Waals surface area contributed by atoms with Crippen LogP contribution >= 0.6 is 0 Å². The average Bonchev–Trinajstić information content (AvgIpc) is 2.59. The van der Waals surface area contributed by atoms with Crippen molar-refractivity contribution in [2.24, 2.45) is 10.7 Å². The Bertz CT molecular complexity index is 718. The van der Waals surface area contributed by atoms with Crippen molar-refractivity contribution in [1.29, 1.82) is 0 Å². The van der Waals surface area contributed by atoms with Crippen LogP contribution in [0.3, 0.4) is 0 Å². The summed E-state index contributed by atoms with van der Waals surface area (Å²) >= 11 is 0. The Hall–Kier alpha value is -2.93. The van der Waals surface area contributed by atoms with Gasteiger partial charge in [0.2, 0.25) is 5.96 Å². The second-order valence-corrected chi connectivity index (χ2v) is 5.50. The number of amides is 2. The molecule has 1 aromatic carbocycles. The second-order valence-electron chi connectivity index (χ2n) is 5.50. The summed E-state index contributed by atoms with van der Waals surface area (Å²) in [6.07, 6.45) is 1.34. The van der Waals surface area contributed by atoms with E-state index in [0.717, 1.165) is 16.8 Å². The molecular formula is C18H23N5O2. The molecule has 132 valence electrons. The van der Waals surface area contributed by atoms with Crippen molar-refractivity contribution < 1.29 is 9.53 Å². The third-order valence-electron chi connectivity index (χ3n) is 3.43. The molecule has 0 radical (unpaired) electrons. The van der Waals surface area contributed by atoms with E-state index in [1.54, 1.807) is 6.20 Å². The van der Waals surface area contributed by atoms with E-state index < -0.39 is 6.03 Å². The van der Waals surface area contributed by atoms with E-state index in [1.165, 1.54) is 0 Å². The molecule has 1 heterocycles. The lowest BCUT2D eigenvalue weighted by Gasteiger charge is -2.18. The Morgan fingerprint density at radius 1 is 1.28 bits per heavy atom. The van der Waals surface area contributed by atoms with Crippen LogP contribution in [0.5, 0.6) is 0 Å². The molecule has 7 nitrogen and oxygen atoms in total. The number of ether oxygens (including phenoxy) is 1. The summed E-state index contributed by atoms with van der Waals surface area (Å²) in [7, 11) is 0. The van der Waals surface area contributed by atoms with Gasteiger partial charge in [0, 0.05) is 6.20 Å². The Morgan fingerprint density at radius 2 is 2.04 bits per heavy atom. The van der Waals surface area contributed by atoms with Crippen molar-refractivity contribution in [3.8, 4) is 0 Å². The second kappa shape index (κ2) is 9.39. The summed E-state index contributed by atoms with van der Waals surface area (Å²) in [5.74, 6) is 0.248. The number of urea groups is 1. The van der Waals surface area contributed by atoms with Gasteiger partial charge in [-0.15, -0.1) is 0 Å². The lowest BCUT2D eigenvalue weighted by atomic mass is 10.2.